The molecular formula is C25H29N5O4. The zero-order valence-corrected chi connectivity index (χ0v) is 19.2. The number of amides is 2. The van der Waals surface area contributed by atoms with Gasteiger partial charge in [0.25, 0.3) is 11.8 Å². The van der Waals surface area contributed by atoms with E-state index in [1.807, 2.05) is 43.3 Å². The number of rotatable bonds is 13. The molecule has 0 saturated heterocycles. The van der Waals surface area contributed by atoms with Gasteiger partial charge in [0, 0.05) is 12.1 Å². The number of carbonyl (C=O) groups excluding carboxylic acids is 2. The molecule has 0 saturated carbocycles. The standard InChI is InChI=1S/C25H29N5O4/c1-3-5-9-15-34-23-17-19(24(31)26-4-2)12-13-22(23)30-18-21(28-29-30)25(32)27-14-16-33-20-10-7-6-8-11-20/h3,6-8,10-13,17-18H,1,4-5,9,14-16H2,2H3,(H,26,31)(H,27,32). The van der Waals surface area contributed by atoms with Crippen LogP contribution in [0.15, 0.2) is 67.4 Å². The predicted octanol–water partition coefficient (Wildman–Crippen LogP) is 3.17. The molecule has 0 fully saturated rings. The summed E-state index contributed by atoms with van der Waals surface area (Å²) >= 11 is 0. The van der Waals surface area contributed by atoms with E-state index in [1.165, 1.54) is 10.9 Å². The van der Waals surface area contributed by atoms with Gasteiger partial charge < -0.3 is 20.1 Å². The summed E-state index contributed by atoms with van der Waals surface area (Å²) in [6.45, 7) is 7.18. The lowest BCUT2D eigenvalue weighted by Crippen LogP contribution is -2.28. The Bertz CT molecular complexity index is 1100. The number of aromatic nitrogens is 3. The van der Waals surface area contributed by atoms with E-state index in [-0.39, 0.29) is 17.5 Å². The molecule has 0 spiro atoms. The number of allylic oxidation sites excluding steroid dienone is 1. The van der Waals surface area contributed by atoms with Gasteiger partial charge >= 0.3 is 0 Å². The van der Waals surface area contributed by atoms with E-state index < -0.39 is 0 Å². The summed E-state index contributed by atoms with van der Waals surface area (Å²) in [5.41, 5.74) is 1.21. The van der Waals surface area contributed by atoms with Crippen LogP contribution in [0.2, 0.25) is 0 Å². The highest BCUT2D eigenvalue weighted by atomic mass is 16.5. The number of unbranched alkanes of at least 4 members (excludes halogenated alkanes) is 1. The first kappa shape index (κ1) is 24.5. The Hall–Kier alpha value is -4.14. The lowest BCUT2D eigenvalue weighted by Gasteiger charge is -2.13. The van der Waals surface area contributed by atoms with E-state index in [4.69, 9.17) is 9.47 Å². The maximum Gasteiger partial charge on any atom is 0.273 e. The van der Waals surface area contributed by atoms with Crippen LogP contribution in [-0.2, 0) is 0 Å². The van der Waals surface area contributed by atoms with Crippen molar-refractivity contribution in [1.29, 1.82) is 0 Å². The van der Waals surface area contributed by atoms with Gasteiger partial charge in [-0.05, 0) is 50.1 Å². The van der Waals surface area contributed by atoms with E-state index >= 15 is 0 Å². The van der Waals surface area contributed by atoms with Gasteiger partial charge in [0.2, 0.25) is 0 Å². The number of nitrogens with one attached hydrogen (secondary N) is 2. The van der Waals surface area contributed by atoms with Gasteiger partial charge in [-0.25, -0.2) is 4.68 Å². The van der Waals surface area contributed by atoms with Crippen LogP contribution in [0.25, 0.3) is 5.69 Å². The average molecular weight is 464 g/mol. The molecule has 9 heteroatoms. The smallest absolute Gasteiger partial charge is 0.273 e. The Kier molecular flexibility index (Phi) is 9.21. The first-order valence-electron chi connectivity index (χ1n) is 11.2. The molecule has 178 valence electrons. The summed E-state index contributed by atoms with van der Waals surface area (Å²) in [5.74, 6) is 0.650. The third kappa shape index (κ3) is 6.93. The Morgan fingerprint density at radius 3 is 2.65 bits per heavy atom. The molecule has 0 aliphatic carbocycles. The van der Waals surface area contributed by atoms with Crippen molar-refractivity contribution in [3.8, 4) is 17.2 Å². The number of ether oxygens (including phenoxy) is 2. The topological polar surface area (TPSA) is 107 Å². The monoisotopic (exact) mass is 463 g/mol. The average Bonchev–Trinajstić information content (AvgIpc) is 3.35. The number of para-hydroxylation sites is 1. The molecule has 2 amide bonds. The molecule has 2 aromatic carbocycles. The third-order valence-corrected chi connectivity index (χ3v) is 4.74. The van der Waals surface area contributed by atoms with Gasteiger partial charge in [-0.15, -0.1) is 11.7 Å². The minimum atomic E-state index is -0.365. The molecule has 1 heterocycles. The molecule has 0 radical (unpaired) electrons. The minimum absolute atomic E-state index is 0.158. The zero-order chi connectivity index (χ0) is 24.2. The molecule has 1 aromatic heterocycles. The van der Waals surface area contributed by atoms with Crippen molar-refractivity contribution in [3.05, 3.63) is 78.6 Å². The van der Waals surface area contributed by atoms with Crippen molar-refractivity contribution in [2.75, 3.05) is 26.3 Å². The van der Waals surface area contributed by atoms with Crippen LogP contribution in [0.1, 0.15) is 40.6 Å². The normalized spacial score (nSPS) is 10.4. The van der Waals surface area contributed by atoms with Crippen molar-refractivity contribution < 1.29 is 19.1 Å². The molecule has 0 aliphatic heterocycles. The first-order chi connectivity index (χ1) is 16.6. The maximum absolute atomic E-state index is 12.5. The SMILES string of the molecule is C=CCCCOc1cc(C(=O)NCC)ccc1-n1cc(C(=O)NCCOc2ccccc2)nn1. The summed E-state index contributed by atoms with van der Waals surface area (Å²) in [6, 6.07) is 14.4. The molecule has 0 aliphatic rings. The second-order valence-electron chi connectivity index (χ2n) is 7.29. The van der Waals surface area contributed by atoms with Gasteiger partial charge in [0.05, 0.1) is 19.3 Å². The summed E-state index contributed by atoms with van der Waals surface area (Å²) < 4.78 is 13.0. The Morgan fingerprint density at radius 2 is 1.88 bits per heavy atom. The Labute approximate surface area is 198 Å². The van der Waals surface area contributed by atoms with E-state index in [9.17, 15) is 9.59 Å². The van der Waals surface area contributed by atoms with Crippen molar-refractivity contribution in [2.45, 2.75) is 19.8 Å². The molecule has 0 unspecified atom stereocenters. The number of nitrogens with zero attached hydrogens (tertiary/aromatic N) is 3. The van der Waals surface area contributed by atoms with Gasteiger partial charge in [0.1, 0.15) is 23.8 Å². The molecule has 0 atom stereocenters. The fourth-order valence-electron chi connectivity index (χ4n) is 3.06. The van der Waals surface area contributed by atoms with Gasteiger partial charge in [-0.2, -0.15) is 0 Å². The number of carbonyl (C=O) groups is 2. The molecular weight excluding hydrogens is 434 g/mol. The number of hydrogen-bond acceptors (Lipinski definition) is 6. The molecule has 3 rings (SSSR count). The Morgan fingerprint density at radius 1 is 1.06 bits per heavy atom. The van der Waals surface area contributed by atoms with Crippen LogP contribution in [-0.4, -0.2) is 53.1 Å². The zero-order valence-electron chi connectivity index (χ0n) is 19.2. The summed E-state index contributed by atoms with van der Waals surface area (Å²) in [5, 5.41) is 13.6. The van der Waals surface area contributed by atoms with Crippen LogP contribution in [0.4, 0.5) is 0 Å². The molecule has 0 bridgehead atoms. The highest BCUT2D eigenvalue weighted by molar-refractivity contribution is 5.95. The quantitative estimate of drug-likeness (QED) is 0.298. The lowest BCUT2D eigenvalue weighted by atomic mass is 10.1. The summed E-state index contributed by atoms with van der Waals surface area (Å²) in [4.78, 5) is 24.7. The summed E-state index contributed by atoms with van der Waals surface area (Å²) in [6.07, 6.45) is 4.94. The third-order valence-electron chi connectivity index (χ3n) is 4.74. The van der Waals surface area contributed by atoms with E-state index in [0.29, 0.717) is 43.3 Å². The van der Waals surface area contributed by atoms with Gasteiger partial charge in [0.15, 0.2) is 5.69 Å². The lowest BCUT2D eigenvalue weighted by molar-refractivity contribution is 0.0938. The van der Waals surface area contributed by atoms with Crippen molar-refractivity contribution in [1.82, 2.24) is 25.6 Å². The van der Waals surface area contributed by atoms with Gasteiger partial charge in [-0.3, -0.25) is 9.59 Å². The van der Waals surface area contributed by atoms with Crippen molar-refractivity contribution in [2.24, 2.45) is 0 Å². The fraction of sp³-hybridized carbons (Fsp3) is 0.280. The molecule has 2 N–H and O–H groups in total. The second-order valence-corrected chi connectivity index (χ2v) is 7.29. The molecule has 9 nitrogen and oxygen atoms in total. The summed E-state index contributed by atoms with van der Waals surface area (Å²) in [7, 11) is 0. The van der Waals surface area contributed by atoms with Crippen molar-refractivity contribution in [3.63, 3.8) is 0 Å². The fourth-order valence-corrected chi connectivity index (χ4v) is 3.06. The van der Waals surface area contributed by atoms with Crippen molar-refractivity contribution >= 4 is 11.8 Å². The molecule has 34 heavy (non-hydrogen) atoms. The van der Waals surface area contributed by atoms with E-state index in [2.05, 4.69) is 27.5 Å². The van der Waals surface area contributed by atoms with Crippen LogP contribution in [0.3, 0.4) is 0 Å². The second kappa shape index (κ2) is 12.8. The predicted molar refractivity (Wildman–Crippen MR) is 129 cm³/mol. The van der Waals surface area contributed by atoms with E-state index in [1.54, 1.807) is 18.2 Å². The highest BCUT2D eigenvalue weighted by Gasteiger charge is 2.16. The number of benzene rings is 2. The van der Waals surface area contributed by atoms with Crippen LogP contribution in [0.5, 0.6) is 11.5 Å². The number of hydrogen-bond donors (Lipinski definition) is 2. The Balaban J connectivity index is 1.67. The minimum Gasteiger partial charge on any atom is -0.492 e. The maximum atomic E-state index is 12.5. The van der Waals surface area contributed by atoms with E-state index in [0.717, 1.165) is 18.6 Å². The highest BCUT2D eigenvalue weighted by Crippen LogP contribution is 2.25. The van der Waals surface area contributed by atoms with Crippen LogP contribution in [0, 0.1) is 0 Å². The van der Waals surface area contributed by atoms with Crippen LogP contribution >= 0.6 is 0 Å². The molecule has 3 aromatic rings. The first-order valence-corrected chi connectivity index (χ1v) is 11.2. The van der Waals surface area contributed by atoms with Crippen LogP contribution < -0.4 is 20.1 Å². The van der Waals surface area contributed by atoms with Gasteiger partial charge in [-0.1, -0.05) is 29.5 Å². The largest absolute Gasteiger partial charge is 0.492 e.